The van der Waals surface area contributed by atoms with Crippen molar-refractivity contribution in [1.82, 2.24) is 10.3 Å². The molecule has 3 heterocycles. The van der Waals surface area contributed by atoms with Gasteiger partial charge in [0, 0.05) is 35.5 Å². The first-order valence-corrected chi connectivity index (χ1v) is 10.2. The summed E-state index contributed by atoms with van der Waals surface area (Å²) < 4.78 is 0. The molecule has 3 rings (SSSR count). The number of aromatic nitrogens is 1. The van der Waals surface area contributed by atoms with Gasteiger partial charge in [-0.15, -0.1) is 22.7 Å². The number of aliphatic imine (C=N–C) groups is 1. The fraction of sp³-hybridized carbons (Fsp3) is 0.278. The summed E-state index contributed by atoms with van der Waals surface area (Å²) in [6.07, 6.45) is 5.78. The lowest BCUT2D eigenvalue weighted by Gasteiger charge is -2.08. The van der Waals surface area contributed by atoms with E-state index in [0.29, 0.717) is 24.5 Å². The minimum atomic E-state index is -0.579. The van der Waals surface area contributed by atoms with Crippen molar-refractivity contribution in [3.05, 3.63) is 45.6 Å². The van der Waals surface area contributed by atoms with Gasteiger partial charge >= 0.3 is 0 Å². The Labute approximate surface area is 164 Å². The molecular weight excluding hydrogens is 384 g/mol. The van der Waals surface area contributed by atoms with E-state index in [4.69, 9.17) is 0 Å². The highest BCUT2D eigenvalue weighted by Crippen LogP contribution is 2.18. The largest absolute Gasteiger partial charge is 0.356 e. The van der Waals surface area contributed by atoms with E-state index in [1.54, 1.807) is 11.3 Å². The maximum absolute atomic E-state index is 12.1. The first-order valence-electron chi connectivity index (χ1n) is 8.41. The van der Waals surface area contributed by atoms with E-state index in [-0.39, 0.29) is 17.7 Å². The molecule has 0 radical (unpaired) electrons. The van der Waals surface area contributed by atoms with Crippen molar-refractivity contribution in [2.75, 3.05) is 11.9 Å². The SMILES string of the molecule is O=C1C=CC(C(=O)Nc2nc(CCC(=O)NCCc3cccs3)cs2)C=N1. The third-order valence-electron chi connectivity index (χ3n) is 3.78. The van der Waals surface area contributed by atoms with Crippen LogP contribution in [0.15, 0.2) is 40.0 Å². The number of nitrogens with zero attached hydrogens (tertiary/aromatic N) is 2. The Morgan fingerprint density at radius 2 is 2.11 bits per heavy atom. The molecule has 27 heavy (non-hydrogen) atoms. The molecule has 0 aliphatic carbocycles. The van der Waals surface area contributed by atoms with Crippen LogP contribution in [0.1, 0.15) is 17.0 Å². The molecule has 0 saturated carbocycles. The molecule has 7 nitrogen and oxygen atoms in total. The first-order chi connectivity index (χ1) is 13.1. The average molecular weight is 403 g/mol. The Kier molecular flexibility index (Phi) is 6.61. The molecule has 0 fully saturated rings. The van der Waals surface area contributed by atoms with E-state index in [1.807, 2.05) is 16.8 Å². The highest BCUT2D eigenvalue weighted by molar-refractivity contribution is 7.14. The number of dihydropyridines is 1. The van der Waals surface area contributed by atoms with E-state index < -0.39 is 5.92 Å². The molecule has 1 unspecified atom stereocenters. The van der Waals surface area contributed by atoms with Gasteiger partial charge in [0.05, 0.1) is 11.6 Å². The zero-order valence-corrected chi connectivity index (χ0v) is 16.0. The predicted molar refractivity (Wildman–Crippen MR) is 106 cm³/mol. The lowest BCUT2D eigenvalue weighted by atomic mass is 10.1. The van der Waals surface area contributed by atoms with Gasteiger partial charge in [-0.1, -0.05) is 12.1 Å². The molecule has 0 saturated heterocycles. The van der Waals surface area contributed by atoms with E-state index in [9.17, 15) is 14.4 Å². The molecule has 2 aromatic rings. The monoisotopic (exact) mass is 402 g/mol. The molecule has 0 aromatic carbocycles. The number of aryl methyl sites for hydroxylation is 1. The van der Waals surface area contributed by atoms with Gasteiger partial charge in [-0.2, -0.15) is 0 Å². The number of amides is 3. The number of carbonyl (C=O) groups excluding carboxylic acids is 3. The molecule has 3 amide bonds. The van der Waals surface area contributed by atoms with Crippen molar-refractivity contribution in [2.24, 2.45) is 10.9 Å². The Morgan fingerprint density at radius 3 is 2.85 bits per heavy atom. The standard InChI is InChI=1S/C18H18N4O3S2/c23-15(19-8-7-14-2-1-9-26-14)6-4-13-11-27-18(21-13)22-17(25)12-3-5-16(24)20-10-12/h1-3,5,9-12H,4,6-8H2,(H,19,23)(H,21,22,25). The van der Waals surface area contributed by atoms with Crippen molar-refractivity contribution < 1.29 is 14.4 Å². The quantitative estimate of drug-likeness (QED) is 0.707. The summed E-state index contributed by atoms with van der Waals surface area (Å²) >= 11 is 2.98. The molecular formula is C18H18N4O3S2. The second-order valence-corrected chi connectivity index (χ2v) is 7.70. The second-order valence-electron chi connectivity index (χ2n) is 5.81. The molecule has 2 aromatic heterocycles. The highest BCUT2D eigenvalue weighted by Gasteiger charge is 2.18. The molecule has 0 spiro atoms. The minimum Gasteiger partial charge on any atom is -0.356 e. The number of nitrogens with one attached hydrogen (secondary N) is 2. The van der Waals surface area contributed by atoms with Gasteiger partial charge in [-0.3, -0.25) is 14.4 Å². The van der Waals surface area contributed by atoms with Crippen molar-refractivity contribution in [1.29, 1.82) is 0 Å². The molecule has 140 valence electrons. The number of carbonyl (C=O) groups is 3. The molecule has 9 heteroatoms. The Bertz CT molecular complexity index is 855. The summed E-state index contributed by atoms with van der Waals surface area (Å²) in [5, 5.41) is 9.91. The Balaban J connectivity index is 1.39. The number of thiazole rings is 1. The van der Waals surface area contributed by atoms with Crippen molar-refractivity contribution in [3.63, 3.8) is 0 Å². The average Bonchev–Trinajstić information content (AvgIpc) is 3.32. The number of hydrogen-bond acceptors (Lipinski definition) is 6. The second kappa shape index (κ2) is 9.33. The van der Waals surface area contributed by atoms with Gasteiger partial charge in [0.1, 0.15) is 0 Å². The van der Waals surface area contributed by atoms with Crippen molar-refractivity contribution >= 4 is 51.7 Å². The topological polar surface area (TPSA) is 101 Å². The van der Waals surface area contributed by atoms with Crippen LogP contribution in [0.3, 0.4) is 0 Å². The van der Waals surface area contributed by atoms with Crippen LogP contribution in [-0.4, -0.2) is 35.5 Å². The molecule has 1 aliphatic heterocycles. The van der Waals surface area contributed by atoms with E-state index in [0.717, 1.165) is 12.1 Å². The lowest BCUT2D eigenvalue weighted by Crippen LogP contribution is -2.25. The highest BCUT2D eigenvalue weighted by atomic mass is 32.1. The van der Waals surface area contributed by atoms with Gasteiger partial charge in [-0.25, -0.2) is 9.98 Å². The lowest BCUT2D eigenvalue weighted by molar-refractivity contribution is -0.121. The van der Waals surface area contributed by atoms with E-state index in [2.05, 4.69) is 26.7 Å². The molecule has 1 aliphatic rings. The van der Waals surface area contributed by atoms with Gasteiger partial charge < -0.3 is 10.6 Å². The zero-order valence-electron chi connectivity index (χ0n) is 14.4. The number of thiophene rings is 1. The number of hydrogen-bond donors (Lipinski definition) is 2. The summed E-state index contributed by atoms with van der Waals surface area (Å²) in [7, 11) is 0. The van der Waals surface area contributed by atoms with Crippen molar-refractivity contribution in [2.45, 2.75) is 19.3 Å². The van der Waals surface area contributed by atoms with Gasteiger partial charge in [0.2, 0.25) is 11.8 Å². The van der Waals surface area contributed by atoms with Crippen LogP contribution in [0.4, 0.5) is 5.13 Å². The number of anilines is 1. The first kappa shape index (κ1) is 19.1. The number of rotatable bonds is 8. The van der Waals surface area contributed by atoms with Crippen LogP contribution in [-0.2, 0) is 27.2 Å². The third-order valence-corrected chi connectivity index (χ3v) is 5.52. The fourth-order valence-corrected chi connectivity index (χ4v) is 3.82. The summed E-state index contributed by atoms with van der Waals surface area (Å²) in [6.45, 7) is 0.622. The third kappa shape index (κ3) is 5.93. The van der Waals surface area contributed by atoms with E-state index >= 15 is 0 Å². The Morgan fingerprint density at radius 1 is 1.22 bits per heavy atom. The fourth-order valence-electron chi connectivity index (χ4n) is 2.37. The summed E-state index contributed by atoms with van der Waals surface area (Å²) in [4.78, 5) is 44.2. The van der Waals surface area contributed by atoms with Crippen LogP contribution in [0.25, 0.3) is 0 Å². The molecule has 1 atom stereocenters. The van der Waals surface area contributed by atoms with Gasteiger partial charge in [0.25, 0.3) is 5.91 Å². The predicted octanol–water partition coefficient (Wildman–Crippen LogP) is 2.22. The van der Waals surface area contributed by atoms with E-state index in [1.165, 1.54) is 34.6 Å². The van der Waals surface area contributed by atoms with Crippen LogP contribution < -0.4 is 10.6 Å². The molecule has 0 bridgehead atoms. The summed E-state index contributed by atoms with van der Waals surface area (Å²) in [6, 6.07) is 4.05. The van der Waals surface area contributed by atoms with Crippen LogP contribution in [0.5, 0.6) is 0 Å². The van der Waals surface area contributed by atoms with Crippen LogP contribution >= 0.6 is 22.7 Å². The van der Waals surface area contributed by atoms with Crippen LogP contribution in [0.2, 0.25) is 0 Å². The van der Waals surface area contributed by atoms with Crippen molar-refractivity contribution in [3.8, 4) is 0 Å². The summed E-state index contributed by atoms with van der Waals surface area (Å²) in [5.74, 6) is -1.26. The Hall–Kier alpha value is -2.65. The summed E-state index contributed by atoms with van der Waals surface area (Å²) in [5.41, 5.74) is 0.756. The minimum absolute atomic E-state index is 0.0154. The van der Waals surface area contributed by atoms with Crippen LogP contribution in [0, 0.1) is 5.92 Å². The maximum Gasteiger partial charge on any atom is 0.269 e. The van der Waals surface area contributed by atoms with Gasteiger partial charge in [0.15, 0.2) is 5.13 Å². The smallest absolute Gasteiger partial charge is 0.269 e. The molecule has 2 N–H and O–H groups in total. The maximum atomic E-state index is 12.1. The zero-order chi connectivity index (χ0) is 19.1. The normalized spacial score (nSPS) is 15.7. The van der Waals surface area contributed by atoms with Gasteiger partial charge in [-0.05, 0) is 24.3 Å².